The average molecular weight is 405 g/mol. The van der Waals surface area contributed by atoms with E-state index in [1.807, 2.05) is 6.07 Å². The first-order valence-electron chi connectivity index (χ1n) is 8.72. The van der Waals surface area contributed by atoms with Crippen molar-refractivity contribution >= 4 is 46.1 Å². The zero-order valence-electron chi connectivity index (χ0n) is 14.5. The van der Waals surface area contributed by atoms with E-state index in [0.717, 1.165) is 36.3 Å². The molecule has 1 aliphatic heterocycles. The Morgan fingerprint density at radius 3 is 3.04 bits per heavy atom. The Morgan fingerprint density at radius 2 is 2.19 bits per heavy atom. The smallest absolute Gasteiger partial charge is 0.225 e. The predicted molar refractivity (Wildman–Crippen MR) is 105 cm³/mol. The van der Waals surface area contributed by atoms with Gasteiger partial charge in [0.05, 0.1) is 12.2 Å². The summed E-state index contributed by atoms with van der Waals surface area (Å²) in [4.78, 5) is 30.6. The highest BCUT2D eigenvalue weighted by Crippen LogP contribution is 2.26. The number of rotatable bonds is 4. The van der Waals surface area contributed by atoms with Gasteiger partial charge in [-0.3, -0.25) is 4.79 Å². The number of piperidine rings is 1. The lowest BCUT2D eigenvalue weighted by Crippen LogP contribution is -2.43. The lowest BCUT2D eigenvalue weighted by Gasteiger charge is -2.32. The molecule has 1 fully saturated rings. The second-order valence-corrected chi connectivity index (χ2v) is 7.38. The molecule has 9 heteroatoms. The van der Waals surface area contributed by atoms with Crippen LogP contribution in [0.4, 0.5) is 5.82 Å². The molecule has 0 aliphatic carbocycles. The Labute approximate surface area is 166 Å². The van der Waals surface area contributed by atoms with Crippen molar-refractivity contribution in [3.63, 3.8) is 0 Å². The minimum atomic E-state index is -0.113. The van der Waals surface area contributed by atoms with Crippen molar-refractivity contribution < 1.29 is 4.79 Å². The summed E-state index contributed by atoms with van der Waals surface area (Å²) in [7, 11) is 0. The molecule has 27 heavy (non-hydrogen) atoms. The van der Waals surface area contributed by atoms with Crippen LogP contribution in [0.15, 0.2) is 30.9 Å². The number of fused-ring (bicyclic) bond motifs is 1. The first-order chi connectivity index (χ1) is 13.1. The topological polar surface area (TPSA) is 86.8 Å². The Hall–Kier alpha value is -2.38. The maximum atomic E-state index is 12.7. The number of carbonyl (C=O) groups excluding carboxylic acids is 1. The molecule has 3 heterocycles. The standard InChI is InChI=1S/C18H18Cl2N6O/c19-13-4-3-11(14(20)6-13)7-21-18(27)12-2-1-5-26(8-12)17-15-16(23-9-22-15)24-10-25-17/h3-4,6,9-10,12H,1-2,5,7-8H2,(H,21,27)(H,22,23,24,25)/t12-/m0/s1. The van der Waals surface area contributed by atoms with Crippen LogP contribution >= 0.6 is 23.2 Å². The van der Waals surface area contributed by atoms with E-state index in [-0.39, 0.29) is 11.8 Å². The number of benzene rings is 1. The molecule has 0 spiro atoms. The van der Waals surface area contributed by atoms with Crippen LogP contribution in [0.1, 0.15) is 18.4 Å². The molecule has 2 N–H and O–H groups in total. The Kier molecular flexibility index (Phi) is 5.13. The van der Waals surface area contributed by atoms with E-state index >= 15 is 0 Å². The average Bonchev–Trinajstić information content (AvgIpc) is 3.16. The molecule has 1 saturated heterocycles. The summed E-state index contributed by atoms with van der Waals surface area (Å²) in [6.07, 6.45) is 4.87. The molecule has 1 amide bonds. The summed E-state index contributed by atoms with van der Waals surface area (Å²) in [5.41, 5.74) is 2.27. The number of nitrogens with zero attached hydrogens (tertiary/aromatic N) is 4. The molecular formula is C18H18Cl2N6O. The van der Waals surface area contributed by atoms with Gasteiger partial charge >= 0.3 is 0 Å². The Bertz CT molecular complexity index is 975. The fourth-order valence-electron chi connectivity index (χ4n) is 3.37. The van der Waals surface area contributed by atoms with E-state index in [0.29, 0.717) is 28.8 Å². The van der Waals surface area contributed by atoms with Crippen LogP contribution in [-0.4, -0.2) is 38.9 Å². The highest BCUT2D eigenvalue weighted by Gasteiger charge is 2.27. The fourth-order valence-corrected chi connectivity index (χ4v) is 3.84. The molecule has 2 aromatic heterocycles. The highest BCUT2D eigenvalue weighted by molar-refractivity contribution is 6.35. The number of imidazole rings is 1. The van der Waals surface area contributed by atoms with Crippen molar-refractivity contribution in [3.05, 3.63) is 46.5 Å². The number of nitrogens with one attached hydrogen (secondary N) is 2. The largest absolute Gasteiger partial charge is 0.354 e. The number of aromatic amines is 1. The molecular weight excluding hydrogens is 387 g/mol. The van der Waals surface area contributed by atoms with Gasteiger partial charge < -0.3 is 15.2 Å². The van der Waals surface area contributed by atoms with Gasteiger partial charge in [-0.25, -0.2) is 15.0 Å². The van der Waals surface area contributed by atoms with E-state index in [4.69, 9.17) is 23.2 Å². The van der Waals surface area contributed by atoms with Crippen LogP contribution in [0.3, 0.4) is 0 Å². The van der Waals surface area contributed by atoms with E-state index in [1.54, 1.807) is 18.5 Å². The molecule has 140 valence electrons. The molecule has 1 atom stereocenters. The third kappa shape index (κ3) is 3.84. The maximum absolute atomic E-state index is 12.7. The van der Waals surface area contributed by atoms with Crippen molar-refractivity contribution in [2.24, 2.45) is 5.92 Å². The van der Waals surface area contributed by atoms with Gasteiger partial charge in [-0.15, -0.1) is 0 Å². The quantitative estimate of drug-likeness (QED) is 0.696. The minimum absolute atomic E-state index is 0.0145. The fraction of sp³-hybridized carbons (Fsp3) is 0.333. The molecule has 0 radical (unpaired) electrons. The van der Waals surface area contributed by atoms with Gasteiger partial charge in [0.2, 0.25) is 5.91 Å². The van der Waals surface area contributed by atoms with Crippen molar-refractivity contribution in [3.8, 4) is 0 Å². The number of carbonyl (C=O) groups is 1. The first-order valence-corrected chi connectivity index (χ1v) is 9.48. The van der Waals surface area contributed by atoms with Gasteiger partial charge in [0.15, 0.2) is 11.5 Å². The number of hydrogen-bond acceptors (Lipinski definition) is 5. The van der Waals surface area contributed by atoms with Gasteiger partial charge in [0, 0.05) is 29.7 Å². The molecule has 1 aromatic carbocycles. The van der Waals surface area contributed by atoms with Crippen molar-refractivity contribution in [1.82, 2.24) is 25.3 Å². The maximum Gasteiger partial charge on any atom is 0.225 e. The summed E-state index contributed by atoms with van der Waals surface area (Å²) < 4.78 is 0. The van der Waals surface area contributed by atoms with Crippen LogP contribution in [0.2, 0.25) is 10.0 Å². The van der Waals surface area contributed by atoms with Gasteiger partial charge in [0.25, 0.3) is 0 Å². The van der Waals surface area contributed by atoms with Crippen LogP contribution in [0, 0.1) is 5.92 Å². The van der Waals surface area contributed by atoms with Gasteiger partial charge in [-0.05, 0) is 30.5 Å². The second-order valence-electron chi connectivity index (χ2n) is 6.54. The lowest BCUT2D eigenvalue weighted by atomic mass is 9.97. The molecule has 0 bridgehead atoms. The SMILES string of the molecule is O=C(NCc1ccc(Cl)cc1Cl)[C@H]1CCCN(c2ncnc3nc[nH]c23)C1. The number of hydrogen-bond donors (Lipinski definition) is 2. The number of aromatic nitrogens is 4. The summed E-state index contributed by atoms with van der Waals surface area (Å²) in [5.74, 6) is 0.689. The number of anilines is 1. The highest BCUT2D eigenvalue weighted by atomic mass is 35.5. The summed E-state index contributed by atoms with van der Waals surface area (Å²) in [5, 5.41) is 4.12. The van der Waals surface area contributed by atoms with Crippen LogP contribution in [0.25, 0.3) is 11.2 Å². The van der Waals surface area contributed by atoms with Crippen LogP contribution in [0.5, 0.6) is 0 Å². The van der Waals surface area contributed by atoms with Crippen molar-refractivity contribution in [1.29, 1.82) is 0 Å². The summed E-state index contributed by atoms with van der Waals surface area (Å²) in [6, 6.07) is 5.27. The Morgan fingerprint density at radius 1 is 1.30 bits per heavy atom. The molecule has 7 nitrogen and oxygen atoms in total. The zero-order valence-corrected chi connectivity index (χ0v) is 16.0. The summed E-state index contributed by atoms with van der Waals surface area (Å²) in [6.45, 7) is 1.83. The normalized spacial score (nSPS) is 17.3. The molecule has 3 aromatic rings. The van der Waals surface area contributed by atoms with Crippen molar-refractivity contribution in [2.75, 3.05) is 18.0 Å². The van der Waals surface area contributed by atoms with E-state index < -0.39 is 0 Å². The summed E-state index contributed by atoms with van der Waals surface area (Å²) >= 11 is 12.1. The number of halogens is 2. The van der Waals surface area contributed by atoms with Gasteiger partial charge in [-0.2, -0.15) is 0 Å². The van der Waals surface area contributed by atoms with Crippen LogP contribution < -0.4 is 10.2 Å². The zero-order chi connectivity index (χ0) is 18.8. The van der Waals surface area contributed by atoms with E-state index in [1.165, 1.54) is 6.33 Å². The van der Waals surface area contributed by atoms with E-state index in [9.17, 15) is 4.79 Å². The number of amides is 1. The van der Waals surface area contributed by atoms with Crippen molar-refractivity contribution in [2.45, 2.75) is 19.4 Å². The minimum Gasteiger partial charge on any atom is -0.354 e. The lowest BCUT2D eigenvalue weighted by molar-refractivity contribution is -0.125. The molecule has 4 rings (SSSR count). The molecule has 0 saturated carbocycles. The van der Waals surface area contributed by atoms with E-state index in [2.05, 4.69) is 30.2 Å². The van der Waals surface area contributed by atoms with Crippen LogP contribution in [-0.2, 0) is 11.3 Å². The van der Waals surface area contributed by atoms with Gasteiger partial charge in [0.1, 0.15) is 11.8 Å². The van der Waals surface area contributed by atoms with Gasteiger partial charge in [-0.1, -0.05) is 29.3 Å². The first kappa shape index (κ1) is 18.0. The third-order valence-corrected chi connectivity index (χ3v) is 5.35. The molecule has 0 unspecified atom stereocenters. The monoisotopic (exact) mass is 404 g/mol. The number of H-pyrrole nitrogens is 1. The second kappa shape index (κ2) is 7.70. The third-order valence-electron chi connectivity index (χ3n) is 4.76. The molecule has 1 aliphatic rings. The Balaban J connectivity index is 1.43. The predicted octanol–water partition coefficient (Wildman–Crippen LogP) is 3.19.